The molecule has 0 aliphatic heterocycles. The fourth-order valence-corrected chi connectivity index (χ4v) is 2.41. The lowest BCUT2D eigenvalue weighted by Crippen LogP contribution is -1.94. The molecule has 2 aromatic carbocycles. The first-order valence-electron chi connectivity index (χ1n) is 5.86. The molecule has 2 N–H and O–H groups in total. The Balaban J connectivity index is 2.07. The van der Waals surface area contributed by atoms with Crippen LogP contribution in [-0.4, -0.2) is 16.1 Å². The Hall–Kier alpha value is -1.97. The average Bonchev–Trinajstić information content (AvgIpc) is 2.82. The van der Waals surface area contributed by atoms with Crippen LogP contribution < -0.4 is 0 Å². The molecule has 0 fully saturated rings. The van der Waals surface area contributed by atoms with Gasteiger partial charge in [0.05, 0.1) is 15.6 Å². The van der Waals surface area contributed by atoms with E-state index in [1.807, 2.05) is 6.07 Å². The lowest BCUT2D eigenvalue weighted by atomic mass is 10.1. The Morgan fingerprint density at radius 3 is 2.30 bits per heavy atom. The normalized spacial score (nSPS) is 10.9. The number of aromatic nitrogens is 1. The molecule has 20 heavy (non-hydrogen) atoms. The number of hydrogen-bond donors (Lipinski definition) is 2. The molecule has 3 aromatic rings. The summed E-state index contributed by atoms with van der Waals surface area (Å²) in [5, 5.41) is 10.8. The maximum absolute atomic E-state index is 10.8. The van der Waals surface area contributed by atoms with E-state index in [-0.39, 0.29) is 5.56 Å². The maximum Gasteiger partial charge on any atom is 0.335 e. The number of carbonyl (C=O) groups is 1. The molecule has 0 saturated heterocycles. The van der Waals surface area contributed by atoms with Gasteiger partial charge in [0.15, 0.2) is 0 Å². The second kappa shape index (κ2) is 4.85. The molecule has 1 aromatic heterocycles. The van der Waals surface area contributed by atoms with Gasteiger partial charge < -0.3 is 10.1 Å². The summed E-state index contributed by atoms with van der Waals surface area (Å²) in [6.45, 7) is 0. The number of carboxylic acids is 1. The van der Waals surface area contributed by atoms with Gasteiger partial charge in [0.2, 0.25) is 0 Å². The van der Waals surface area contributed by atoms with E-state index in [4.69, 9.17) is 28.3 Å². The molecule has 100 valence electrons. The zero-order chi connectivity index (χ0) is 14.3. The lowest BCUT2D eigenvalue weighted by molar-refractivity contribution is 0.0697. The third-order valence-electron chi connectivity index (χ3n) is 3.10. The number of benzene rings is 2. The lowest BCUT2D eigenvalue weighted by Gasteiger charge is -1.98. The minimum absolute atomic E-state index is 0.260. The van der Waals surface area contributed by atoms with Crippen LogP contribution in [0.1, 0.15) is 10.4 Å². The molecule has 3 rings (SSSR count). The predicted octanol–water partition coefficient (Wildman–Crippen LogP) is 4.84. The standard InChI is InChI=1S/C15H9Cl2NO2/c16-11-5-10-6-13(18-14(10)7-12(11)17)8-1-3-9(4-2-8)15(19)20/h1-7,18H,(H,19,20). The van der Waals surface area contributed by atoms with Crippen molar-refractivity contribution in [1.82, 2.24) is 4.98 Å². The molecule has 5 heteroatoms. The third-order valence-corrected chi connectivity index (χ3v) is 3.83. The van der Waals surface area contributed by atoms with Gasteiger partial charge in [-0.15, -0.1) is 0 Å². The molecule has 0 amide bonds. The van der Waals surface area contributed by atoms with E-state index in [2.05, 4.69) is 4.98 Å². The van der Waals surface area contributed by atoms with Crippen molar-refractivity contribution in [2.24, 2.45) is 0 Å². The van der Waals surface area contributed by atoms with E-state index < -0.39 is 5.97 Å². The number of hydrogen-bond acceptors (Lipinski definition) is 1. The van der Waals surface area contributed by atoms with Crippen LogP contribution in [0.25, 0.3) is 22.2 Å². The van der Waals surface area contributed by atoms with E-state index in [1.54, 1.807) is 36.4 Å². The molecule has 1 heterocycles. The Morgan fingerprint density at radius 1 is 1.00 bits per heavy atom. The molecular formula is C15H9Cl2NO2. The fraction of sp³-hybridized carbons (Fsp3) is 0. The number of rotatable bonds is 2. The van der Waals surface area contributed by atoms with Crippen molar-refractivity contribution in [3.8, 4) is 11.3 Å². The number of carboxylic acid groups (broad SMARTS) is 1. The molecule has 0 atom stereocenters. The minimum atomic E-state index is -0.938. The second-order valence-electron chi connectivity index (χ2n) is 4.42. The Morgan fingerprint density at radius 2 is 1.65 bits per heavy atom. The molecule has 0 saturated carbocycles. The van der Waals surface area contributed by atoms with Crippen LogP contribution in [0.15, 0.2) is 42.5 Å². The van der Waals surface area contributed by atoms with Crippen molar-refractivity contribution in [3.05, 3.63) is 58.1 Å². The summed E-state index contributed by atoms with van der Waals surface area (Å²) >= 11 is 12.0. The van der Waals surface area contributed by atoms with Crippen molar-refractivity contribution in [2.75, 3.05) is 0 Å². The number of nitrogens with one attached hydrogen (secondary N) is 1. The van der Waals surface area contributed by atoms with Crippen LogP contribution in [0.4, 0.5) is 0 Å². The first-order chi connectivity index (χ1) is 9.54. The van der Waals surface area contributed by atoms with Crippen molar-refractivity contribution < 1.29 is 9.90 Å². The van der Waals surface area contributed by atoms with E-state index in [0.29, 0.717) is 10.0 Å². The van der Waals surface area contributed by atoms with E-state index in [9.17, 15) is 4.79 Å². The van der Waals surface area contributed by atoms with Crippen LogP contribution in [0, 0.1) is 0 Å². The summed E-state index contributed by atoms with van der Waals surface area (Å²) < 4.78 is 0. The van der Waals surface area contributed by atoms with Crippen molar-refractivity contribution in [1.29, 1.82) is 0 Å². The summed E-state index contributed by atoms with van der Waals surface area (Å²) in [7, 11) is 0. The number of H-pyrrole nitrogens is 1. The summed E-state index contributed by atoms with van der Waals surface area (Å²) in [5.74, 6) is -0.938. The molecule has 0 unspecified atom stereocenters. The zero-order valence-electron chi connectivity index (χ0n) is 10.2. The summed E-state index contributed by atoms with van der Waals surface area (Å²) in [6, 6.07) is 12.2. The van der Waals surface area contributed by atoms with Crippen molar-refractivity contribution in [3.63, 3.8) is 0 Å². The third kappa shape index (κ3) is 2.26. The number of fused-ring (bicyclic) bond motifs is 1. The van der Waals surface area contributed by atoms with Gasteiger partial charge in [-0.25, -0.2) is 4.79 Å². The van der Waals surface area contributed by atoms with Crippen LogP contribution in [0.5, 0.6) is 0 Å². The van der Waals surface area contributed by atoms with Gasteiger partial charge in [-0.1, -0.05) is 35.3 Å². The molecule has 0 spiro atoms. The number of halogens is 2. The SMILES string of the molecule is O=C(O)c1ccc(-c2cc3cc(Cl)c(Cl)cc3[nH]2)cc1. The van der Waals surface area contributed by atoms with E-state index >= 15 is 0 Å². The number of aromatic carboxylic acids is 1. The summed E-state index contributed by atoms with van der Waals surface area (Å²) in [4.78, 5) is 14.1. The van der Waals surface area contributed by atoms with E-state index in [1.165, 1.54) is 0 Å². The van der Waals surface area contributed by atoms with Crippen LogP contribution in [0.3, 0.4) is 0 Å². The maximum atomic E-state index is 10.8. The van der Waals surface area contributed by atoms with Gasteiger partial charge >= 0.3 is 5.97 Å². The highest BCUT2D eigenvalue weighted by molar-refractivity contribution is 6.42. The Kier molecular flexibility index (Phi) is 3.16. The highest BCUT2D eigenvalue weighted by atomic mass is 35.5. The number of aromatic amines is 1. The molecule has 0 aliphatic carbocycles. The molecule has 0 bridgehead atoms. The second-order valence-corrected chi connectivity index (χ2v) is 5.23. The predicted molar refractivity (Wildman–Crippen MR) is 80.7 cm³/mol. The quantitative estimate of drug-likeness (QED) is 0.711. The van der Waals surface area contributed by atoms with Gasteiger partial charge in [-0.3, -0.25) is 0 Å². The van der Waals surface area contributed by atoms with Gasteiger partial charge in [0, 0.05) is 16.6 Å². The van der Waals surface area contributed by atoms with Gasteiger partial charge in [-0.2, -0.15) is 0 Å². The highest BCUT2D eigenvalue weighted by Crippen LogP contribution is 2.31. The first kappa shape index (κ1) is 13.0. The van der Waals surface area contributed by atoms with Crippen molar-refractivity contribution >= 4 is 40.1 Å². The first-order valence-corrected chi connectivity index (χ1v) is 6.62. The largest absolute Gasteiger partial charge is 0.478 e. The average molecular weight is 306 g/mol. The highest BCUT2D eigenvalue weighted by Gasteiger charge is 2.08. The van der Waals surface area contributed by atoms with Crippen LogP contribution in [-0.2, 0) is 0 Å². The Labute approximate surface area is 124 Å². The minimum Gasteiger partial charge on any atom is -0.478 e. The summed E-state index contributed by atoms with van der Waals surface area (Å²) in [5.41, 5.74) is 2.93. The van der Waals surface area contributed by atoms with Gasteiger partial charge in [-0.05, 0) is 35.9 Å². The van der Waals surface area contributed by atoms with Crippen LogP contribution >= 0.6 is 23.2 Å². The van der Waals surface area contributed by atoms with Gasteiger partial charge in [0.25, 0.3) is 0 Å². The molecule has 3 nitrogen and oxygen atoms in total. The van der Waals surface area contributed by atoms with Gasteiger partial charge in [0.1, 0.15) is 0 Å². The Bertz CT molecular complexity index is 768. The monoisotopic (exact) mass is 305 g/mol. The molecular weight excluding hydrogens is 297 g/mol. The zero-order valence-corrected chi connectivity index (χ0v) is 11.7. The van der Waals surface area contributed by atoms with Crippen LogP contribution in [0.2, 0.25) is 10.0 Å². The molecule has 0 radical (unpaired) electrons. The smallest absolute Gasteiger partial charge is 0.335 e. The summed E-state index contributed by atoms with van der Waals surface area (Å²) in [6.07, 6.45) is 0. The van der Waals surface area contributed by atoms with Crippen molar-refractivity contribution in [2.45, 2.75) is 0 Å². The fourth-order valence-electron chi connectivity index (χ4n) is 2.07. The van der Waals surface area contributed by atoms with E-state index in [0.717, 1.165) is 22.2 Å². The molecule has 0 aliphatic rings. The topological polar surface area (TPSA) is 53.1 Å².